The maximum Gasteiger partial charge on any atom is 0.171 e. The Morgan fingerprint density at radius 1 is 1.56 bits per heavy atom. The molecule has 1 unspecified atom stereocenters. The second-order valence-corrected chi connectivity index (χ2v) is 4.50. The minimum absolute atomic E-state index is 0.134. The van der Waals surface area contributed by atoms with Gasteiger partial charge in [0.15, 0.2) is 5.11 Å². The van der Waals surface area contributed by atoms with Crippen LogP contribution in [0.4, 0.5) is 5.69 Å². The Morgan fingerprint density at radius 2 is 2.28 bits per heavy atom. The Hall–Kier alpha value is -1.64. The van der Waals surface area contributed by atoms with Crippen molar-refractivity contribution in [2.24, 2.45) is 0 Å². The molecule has 0 aliphatic carbocycles. The second kappa shape index (κ2) is 6.94. The molecule has 2 N–H and O–H groups in total. The van der Waals surface area contributed by atoms with Crippen LogP contribution in [0.5, 0.6) is 0 Å². The van der Waals surface area contributed by atoms with Crippen molar-refractivity contribution in [2.45, 2.75) is 19.9 Å². The fraction of sp³-hybridized carbons (Fsp3) is 0.385. The molecule has 1 atom stereocenters. The summed E-state index contributed by atoms with van der Waals surface area (Å²) in [7, 11) is 1.65. The van der Waals surface area contributed by atoms with Gasteiger partial charge in [0.05, 0.1) is 18.2 Å². The summed E-state index contributed by atoms with van der Waals surface area (Å²) >= 11 is 5.20. The summed E-state index contributed by atoms with van der Waals surface area (Å²) in [6.07, 6.45) is 0. The Kier molecular flexibility index (Phi) is 5.56. The Labute approximate surface area is 113 Å². The molecule has 18 heavy (non-hydrogen) atoms. The number of rotatable bonds is 4. The van der Waals surface area contributed by atoms with Crippen LogP contribution >= 0.6 is 12.2 Å². The first-order chi connectivity index (χ1) is 8.56. The van der Waals surface area contributed by atoms with E-state index in [9.17, 15) is 0 Å². The molecule has 0 saturated carbocycles. The van der Waals surface area contributed by atoms with E-state index >= 15 is 0 Å². The highest BCUT2D eigenvalue weighted by molar-refractivity contribution is 7.80. The monoisotopic (exact) mass is 263 g/mol. The summed E-state index contributed by atoms with van der Waals surface area (Å²) < 4.78 is 5.02. The van der Waals surface area contributed by atoms with Gasteiger partial charge in [-0.05, 0) is 43.8 Å². The van der Waals surface area contributed by atoms with Gasteiger partial charge in [0.2, 0.25) is 0 Å². The molecule has 0 bridgehead atoms. The molecule has 0 heterocycles. The Morgan fingerprint density at radius 3 is 2.89 bits per heavy atom. The minimum Gasteiger partial charge on any atom is -0.383 e. The van der Waals surface area contributed by atoms with E-state index in [0.717, 1.165) is 11.3 Å². The molecule has 96 valence electrons. The molecular weight excluding hydrogens is 246 g/mol. The molecule has 0 fully saturated rings. The average molecular weight is 263 g/mol. The number of anilines is 1. The zero-order valence-corrected chi connectivity index (χ0v) is 11.6. The molecule has 1 aromatic carbocycles. The van der Waals surface area contributed by atoms with Crippen molar-refractivity contribution in [1.82, 2.24) is 5.32 Å². The molecule has 0 saturated heterocycles. The van der Waals surface area contributed by atoms with Gasteiger partial charge in [-0.25, -0.2) is 0 Å². The maximum absolute atomic E-state index is 8.86. The van der Waals surface area contributed by atoms with Gasteiger partial charge in [0, 0.05) is 18.8 Å². The highest BCUT2D eigenvalue weighted by Crippen LogP contribution is 2.16. The normalized spacial score (nSPS) is 11.4. The molecule has 1 rings (SSSR count). The van der Waals surface area contributed by atoms with Gasteiger partial charge < -0.3 is 15.4 Å². The SMILES string of the molecule is COCC(C)NC(=S)Nc1cc(C#N)ccc1C. The Balaban J connectivity index is 2.67. The van der Waals surface area contributed by atoms with Crippen molar-refractivity contribution in [3.8, 4) is 6.07 Å². The first kappa shape index (κ1) is 14.4. The van der Waals surface area contributed by atoms with Crippen LogP contribution in [0.2, 0.25) is 0 Å². The molecule has 0 spiro atoms. The van der Waals surface area contributed by atoms with Gasteiger partial charge in [-0.1, -0.05) is 6.07 Å². The number of nitriles is 1. The van der Waals surface area contributed by atoms with Crippen LogP contribution in [0.1, 0.15) is 18.1 Å². The second-order valence-electron chi connectivity index (χ2n) is 4.10. The van der Waals surface area contributed by atoms with E-state index in [2.05, 4.69) is 16.7 Å². The third kappa shape index (κ3) is 4.32. The van der Waals surface area contributed by atoms with Gasteiger partial charge in [0.25, 0.3) is 0 Å². The lowest BCUT2D eigenvalue weighted by atomic mass is 10.1. The van der Waals surface area contributed by atoms with Crippen molar-refractivity contribution in [3.05, 3.63) is 29.3 Å². The zero-order chi connectivity index (χ0) is 13.5. The lowest BCUT2D eigenvalue weighted by molar-refractivity contribution is 0.179. The van der Waals surface area contributed by atoms with Crippen LogP contribution in [0.3, 0.4) is 0 Å². The highest BCUT2D eigenvalue weighted by Gasteiger charge is 2.06. The van der Waals surface area contributed by atoms with Crippen molar-refractivity contribution in [2.75, 3.05) is 19.0 Å². The quantitative estimate of drug-likeness (QED) is 0.816. The van der Waals surface area contributed by atoms with Crippen LogP contribution in [-0.2, 0) is 4.74 Å². The van der Waals surface area contributed by atoms with Crippen molar-refractivity contribution >= 4 is 23.0 Å². The van der Waals surface area contributed by atoms with Crippen LogP contribution in [0, 0.1) is 18.3 Å². The summed E-state index contributed by atoms with van der Waals surface area (Å²) in [5.41, 5.74) is 2.49. The summed E-state index contributed by atoms with van der Waals surface area (Å²) in [4.78, 5) is 0. The number of nitrogens with zero attached hydrogens (tertiary/aromatic N) is 1. The molecule has 0 amide bonds. The van der Waals surface area contributed by atoms with Crippen molar-refractivity contribution in [1.29, 1.82) is 5.26 Å². The van der Waals surface area contributed by atoms with E-state index in [-0.39, 0.29) is 6.04 Å². The fourth-order valence-electron chi connectivity index (χ4n) is 1.50. The number of hydrogen-bond acceptors (Lipinski definition) is 3. The molecule has 0 aromatic heterocycles. The summed E-state index contributed by atoms with van der Waals surface area (Å²) in [6.45, 7) is 4.53. The fourth-order valence-corrected chi connectivity index (χ4v) is 1.81. The van der Waals surface area contributed by atoms with Crippen LogP contribution in [0.25, 0.3) is 0 Å². The molecule has 4 nitrogen and oxygen atoms in total. The predicted octanol–water partition coefficient (Wildman–Crippen LogP) is 2.19. The van der Waals surface area contributed by atoms with E-state index in [4.69, 9.17) is 22.2 Å². The van der Waals surface area contributed by atoms with Crippen LogP contribution in [0.15, 0.2) is 18.2 Å². The molecule has 0 aliphatic heterocycles. The molecule has 0 aliphatic rings. The number of aryl methyl sites for hydroxylation is 1. The Bertz CT molecular complexity index is 468. The summed E-state index contributed by atoms with van der Waals surface area (Å²) in [5.74, 6) is 0. The van der Waals surface area contributed by atoms with Gasteiger partial charge in [0.1, 0.15) is 0 Å². The topological polar surface area (TPSA) is 57.1 Å². The minimum atomic E-state index is 0.134. The lowest BCUT2D eigenvalue weighted by Gasteiger charge is -2.17. The largest absolute Gasteiger partial charge is 0.383 e. The number of ether oxygens (including phenoxy) is 1. The number of methoxy groups -OCH3 is 1. The van der Waals surface area contributed by atoms with Gasteiger partial charge in [-0.15, -0.1) is 0 Å². The van der Waals surface area contributed by atoms with Gasteiger partial charge in [-0.3, -0.25) is 0 Å². The van der Waals surface area contributed by atoms with Crippen molar-refractivity contribution < 1.29 is 4.74 Å². The van der Waals surface area contributed by atoms with E-state index in [1.54, 1.807) is 19.2 Å². The van der Waals surface area contributed by atoms with Gasteiger partial charge in [-0.2, -0.15) is 5.26 Å². The van der Waals surface area contributed by atoms with Crippen LogP contribution < -0.4 is 10.6 Å². The van der Waals surface area contributed by atoms with Crippen LogP contribution in [-0.4, -0.2) is 24.9 Å². The summed E-state index contributed by atoms with van der Waals surface area (Å²) in [6, 6.07) is 7.69. The molecule has 1 aromatic rings. The molecule has 0 radical (unpaired) electrons. The number of nitrogens with one attached hydrogen (secondary N) is 2. The third-order valence-corrected chi connectivity index (χ3v) is 2.63. The molecular formula is C13H17N3OS. The number of hydrogen-bond donors (Lipinski definition) is 2. The average Bonchev–Trinajstić information content (AvgIpc) is 2.32. The van der Waals surface area contributed by atoms with E-state index in [1.807, 2.05) is 19.9 Å². The standard InChI is InChI=1S/C13H17N3OS/c1-9-4-5-11(7-14)6-12(9)16-13(18)15-10(2)8-17-3/h4-6,10H,8H2,1-3H3,(H2,15,16,18). The summed E-state index contributed by atoms with van der Waals surface area (Å²) in [5, 5.41) is 15.6. The molecule has 5 heteroatoms. The van der Waals surface area contributed by atoms with E-state index in [0.29, 0.717) is 17.3 Å². The first-order valence-corrected chi connectivity index (χ1v) is 6.05. The predicted molar refractivity (Wildman–Crippen MR) is 76.6 cm³/mol. The third-order valence-electron chi connectivity index (χ3n) is 2.41. The first-order valence-electron chi connectivity index (χ1n) is 5.64. The lowest BCUT2D eigenvalue weighted by Crippen LogP contribution is -2.38. The van der Waals surface area contributed by atoms with E-state index in [1.165, 1.54) is 0 Å². The number of benzene rings is 1. The number of thiocarbonyl (C=S) groups is 1. The maximum atomic E-state index is 8.86. The van der Waals surface area contributed by atoms with Crippen molar-refractivity contribution in [3.63, 3.8) is 0 Å². The smallest absolute Gasteiger partial charge is 0.171 e. The zero-order valence-electron chi connectivity index (χ0n) is 10.8. The highest BCUT2D eigenvalue weighted by atomic mass is 32.1. The van der Waals surface area contributed by atoms with E-state index < -0.39 is 0 Å². The van der Waals surface area contributed by atoms with Gasteiger partial charge >= 0.3 is 0 Å².